The largest absolute Gasteiger partial charge is 0.481 e. The first kappa shape index (κ1) is 28.0. The lowest BCUT2D eigenvalue weighted by Gasteiger charge is -2.23. The van der Waals surface area contributed by atoms with Gasteiger partial charge in [0.2, 0.25) is 23.6 Å². The van der Waals surface area contributed by atoms with E-state index in [9.17, 15) is 28.8 Å². The molecule has 0 saturated heterocycles. The van der Waals surface area contributed by atoms with E-state index >= 15 is 0 Å². The predicted molar refractivity (Wildman–Crippen MR) is 118 cm³/mol. The van der Waals surface area contributed by atoms with Gasteiger partial charge in [-0.05, 0) is 25.3 Å². The number of amides is 4. The molecule has 4 unspecified atom stereocenters. The Morgan fingerprint density at radius 2 is 1.47 bits per heavy atom. The number of carboxylic acids is 2. The van der Waals surface area contributed by atoms with Gasteiger partial charge in [0.05, 0.1) is 12.5 Å². The van der Waals surface area contributed by atoms with Gasteiger partial charge in [-0.1, -0.05) is 30.3 Å². The Balaban J connectivity index is 2.79. The average molecular weight is 479 g/mol. The van der Waals surface area contributed by atoms with E-state index in [4.69, 9.17) is 21.7 Å². The van der Waals surface area contributed by atoms with Crippen LogP contribution in [0.15, 0.2) is 30.3 Å². The number of nitrogens with one attached hydrogen (secondary N) is 3. The Morgan fingerprint density at radius 3 is 2.00 bits per heavy atom. The summed E-state index contributed by atoms with van der Waals surface area (Å²) in [4.78, 5) is 70.6. The number of aliphatic carboxylic acids is 2. The number of carbonyl (C=O) groups is 6. The maximum Gasteiger partial charge on any atom is 0.326 e. The molecule has 13 nitrogen and oxygen atoms in total. The van der Waals surface area contributed by atoms with E-state index in [-0.39, 0.29) is 12.8 Å². The van der Waals surface area contributed by atoms with E-state index < -0.39 is 72.6 Å². The molecule has 0 aliphatic rings. The molecule has 4 atom stereocenters. The van der Waals surface area contributed by atoms with Gasteiger partial charge in [0.1, 0.15) is 18.1 Å². The fraction of sp³-hybridized carbons (Fsp3) is 0.429. The summed E-state index contributed by atoms with van der Waals surface area (Å²) in [5.41, 5.74) is 11.7. The molecule has 9 N–H and O–H groups in total. The third-order valence-corrected chi connectivity index (χ3v) is 4.69. The molecule has 1 aromatic carbocycles. The van der Waals surface area contributed by atoms with Gasteiger partial charge in [-0.25, -0.2) is 4.79 Å². The van der Waals surface area contributed by atoms with Crippen molar-refractivity contribution < 1.29 is 39.0 Å². The SMILES string of the molecule is CC(NC(=O)C(N)Cc1ccccc1)C(=O)NC(CCC(=O)O)C(=O)NC(CC(N)=O)C(=O)O. The van der Waals surface area contributed by atoms with Crippen molar-refractivity contribution >= 4 is 35.6 Å². The van der Waals surface area contributed by atoms with Gasteiger partial charge in [0, 0.05) is 6.42 Å². The lowest BCUT2D eigenvalue weighted by atomic mass is 10.1. The van der Waals surface area contributed by atoms with Crippen molar-refractivity contribution in [3.8, 4) is 0 Å². The monoisotopic (exact) mass is 479 g/mol. The smallest absolute Gasteiger partial charge is 0.326 e. The summed E-state index contributed by atoms with van der Waals surface area (Å²) in [6.07, 6.45) is -1.37. The minimum Gasteiger partial charge on any atom is -0.481 e. The number of rotatable bonds is 14. The van der Waals surface area contributed by atoms with E-state index in [1.165, 1.54) is 6.92 Å². The normalized spacial score (nSPS) is 14.1. The first-order valence-corrected chi connectivity index (χ1v) is 10.3. The molecule has 0 heterocycles. The highest BCUT2D eigenvalue weighted by atomic mass is 16.4. The van der Waals surface area contributed by atoms with Gasteiger partial charge >= 0.3 is 11.9 Å². The highest BCUT2D eigenvalue weighted by Gasteiger charge is 2.29. The van der Waals surface area contributed by atoms with Crippen LogP contribution >= 0.6 is 0 Å². The second kappa shape index (κ2) is 13.5. The van der Waals surface area contributed by atoms with Gasteiger partial charge in [-0.3, -0.25) is 24.0 Å². The molecular weight excluding hydrogens is 450 g/mol. The van der Waals surface area contributed by atoms with Crippen molar-refractivity contribution in [1.82, 2.24) is 16.0 Å². The summed E-state index contributed by atoms with van der Waals surface area (Å²) < 4.78 is 0. The lowest BCUT2D eigenvalue weighted by molar-refractivity contribution is -0.144. The minimum absolute atomic E-state index is 0.223. The number of carbonyl (C=O) groups excluding carboxylic acids is 4. The zero-order valence-electron chi connectivity index (χ0n) is 18.5. The van der Waals surface area contributed by atoms with Crippen LogP contribution in [-0.4, -0.2) is 69.9 Å². The van der Waals surface area contributed by atoms with Gasteiger partial charge in [-0.15, -0.1) is 0 Å². The molecule has 0 aliphatic heterocycles. The third kappa shape index (κ3) is 10.1. The van der Waals surface area contributed by atoms with Gasteiger partial charge < -0.3 is 37.6 Å². The van der Waals surface area contributed by atoms with Crippen molar-refractivity contribution in [1.29, 1.82) is 0 Å². The topological polar surface area (TPSA) is 231 Å². The standard InChI is InChI=1S/C21H29N5O8/c1-11(24-19(31)13(22)9-12-5-3-2-4-6-12)18(30)25-14(7-8-17(28)29)20(32)26-15(21(33)34)10-16(23)27/h2-6,11,13-15H,7-10,22H2,1H3,(H2,23,27)(H,24,31)(H,25,30)(H,26,32)(H,28,29)(H,33,34). The van der Waals surface area contributed by atoms with E-state index in [1.807, 2.05) is 11.4 Å². The predicted octanol–water partition coefficient (Wildman–Crippen LogP) is -2.14. The summed E-state index contributed by atoms with van der Waals surface area (Å²) in [6, 6.07) is 3.76. The molecule has 13 heteroatoms. The lowest BCUT2D eigenvalue weighted by Crippen LogP contribution is -2.56. The molecule has 1 rings (SSSR count). The Hall–Kier alpha value is -4.00. The van der Waals surface area contributed by atoms with E-state index in [0.717, 1.165) is 5.56 Å². The van der Waals surface area contributed by atoms with Crippen LogP contribution in [0, 0.1) is 0 Å². The third-order valence-electron chi connectivity index (χ3n) is 4.69. The molecule has 0 aromatic heterocycles. The fourth-order valence-corrected chi connectivity index (χ4v) is 2.85. The van der Waals surface area contributed by atoms with Crippen LogP contribution in [0.2, 0.25) is 0 Å². The zero-order chi connectivity index (χ0) is 25.8. The Labute approximate surface area is 195 Å². The van der Waals surface area contributed by atoms with Crippen molar-refractivity contribution in [2.24, 2.45) is 11.5 Å². The summed E-state index contributed by atoms with van der Waals surface area (Å²) in [5.74, 6) is -6.25. The highest BCUT2D eigenvalue weighted by molar-refractivity contribution is 5.94. The van der Waals surface area contributed by atoms with Crippen LogP contribution in [-0.2, 0) is 35.2 Å². The molecule has 1 aromatic rings. The first-order chi connectivity index (χ1) is 15.9. The maximum atomic E-state index is 12.5. The highest BCUT2D eigenvalue weighted by Crippen LogP contribution is 2.04. The number of carboxylic acid groups (broad SMARTS) is 2. The quantitative estimate of drug-likeness (QED) is 0.154. The second-order valence-corrected chi connectivity index (χ2v) is 7.59. The molecule has 0 aliphatic carbocycles. The first-order valence-electron chi connectivity index (χ1n) is 10.3. The Morgan fingerprint density at radius 1 is 0.882 bits per heavy atom. The molecule has 186 valence electrons. The fourth-order valence-electron chi connectivity index (χ4n) is 2.85. The van der Waals surface area contributed by atoms with Crippen LogP contribution in [0.4, 0.5) is 0 Å². The van der Waals surface area contributed by atoms with Crippen molar-refractivity contribution in [3.63, 3.8) is 0 Å². The molecule has 0 fully saturated rings. The Bertz CT molecular complexity index is 908. The number of hydrogen-bond acceptors (Lipinski definition) is 7. The van der Waals surface area contributed by atoms with Crippen LogP contribution in [0.3, 0.4) is 0 Å². The van der Waals surface area contributed by atoms with E-state index in [0.29, 0.717) is 0 Å². The minimum atomic E-state index is -1.66. The van der Waals surface area contributed by atoms with Gasteiger partial charge in [-0.2, -0.15) is 0 Å². The number of hydrogen-bond donors (Lipinski definition) is 7. The molecule has 0 bridgehead atoms. The van der Waals surface area contributed by atoms with Crippen molar-refractivity contribution in [2.75, 3.05) is 0 Å². The van der Waals surface area contributed by atoms with Crippen LogP contribution < -0.4 is 27.4 Å². The van der Waals surface area contributed by atoms with E-state index in [2.05, 4.69) is 10.6 Å². The number of primary amides is 1. The average Bonchev–Trinajstić information content (AvgIpc) is 2.75. The summed E-state index contributed by atoms with van der Waals surface area (Å²) in [7, 11) is 0. The number of benzene rings is 1. The van der Waals surface area contributed by atoms with Crippen LogP contribution in [0.1, 0.15) is 31.7 Å². The van der Waals surface area contributed by atoms with Crippen molar-refractivity contribution in [2.45, 2.75) is 56.8 Å². The zero-order valence-corrected chi connectivity index (χ0v) is 18.5. The van der Waals surface area contributed by atoms with Crippen molar-refractivity contribution in [3.05, 3.63) is 35.9 Å². The molecule has 0 spiro atoms. The van der Waals surface area contributed by atoms with Crippen LogP contribution in [0.5, 0.6) is 0 Å². The molecule has 34 heavy (non-hydrogen) atoms. The van der Waals surface area contributed by atoms with Gasteiger partial charge in [0.15, 0.2) is 0 Å². The molecule has 0 radical (unpaired) electrons. The summed E-state index contributed by atoms with van der Waals surface area (Å²) in [6.45, 7) is 1.34. The van der Waals surface area contributed by atoms with Crippen LogP contribution in [0.25, 0.3) is 0 Å². The summed E-state index contributed by atoms with van der Waals surface area (Å²) in [5, 5.41) is 24.8. The molecule has 0 saturated carbocycles. The molecule has 4 amide bonds. The number of nitrogens with two attached hydrogens (primary N) is 2. The second-order valence-electron chi connectivity index (χ2n) is 7.59. The van der Waals surface area contributed by atoms with E-state index in [1.54, 1.807) is 24.3 Å². The molecular formula is C21H29N5O8. The maximum absolute atomic E-state index is 12.5. The Kier molecular flexibility index (Phi) is 11.2. The summed E-state index contributed by atoms with van der Waals surface area (Å²) >= 11 is 0. The van der Waals surface area contributed by atoms with Gasteiger partial charge in [0.25, 0.3) is 0 Å².